The van der Waals surface area contributed by atoms with E-state index in [1.165, 1.54) is 37.6 Å². The summed E-state index contributed by atoms with van der Waals surface area (Å²) >= 11 is 0. The predicted octanol–water partition coefficient (Wildman–Crippen LogP) is 3.42. The summed E-state index contributed by atoms with van der Waals surface area (Å²) in [6, 6.07) is 10.5. The second-order valence-electron chi connectivity index (χ2n) is 6.77. The number of fused-ring (bicyclic) bond motifs is 1. The molecule has 1 unspecified atom stereocenters. The zero-order chi connectivity index (χ0) is 16.5. The van der Waals surface area contributed by atoms with Gasteiger partial charge in [0.25, 0.3) is 5.91 Å². The fourth-order valence-electron chi connectivity index (χ4n) is 3.83. The molecule has 4 rings (SSSR count). The number of hydrogen-bond donors (Lipinski definition) is 1. The first kappa shape index (κ1) is 15.1. The molecule has 0 bridgehead atoms. The van der Waals surface area contributed by atoms with Crippen LogP contribution in [-0.4, -0.2) is 28.0 Å². The summed E-state index contributed by atoms with van der Waals surface area (Å²) < 4.78 is 0. The molecule has 1 fully saturated rings. The Kier molecular flexibility index (Phi) is 3.92. The topological polar surface area (TPSA) is 58.1 Å². The highest BCUT2D eigenvalue weighted by molar-refractivity contribution is 6.06. The Hall–Kier alpha value is -2.43. The number of carbonyl (C=O) groups is 1. The van der Waals surface area contributed by atoms with E-state index >= 15 is 0 Å². The van der Waals surface area contributed by atoms with Crippen LogP contribution in [0.4, 0.5) is 11.5 Å². The van der Waals surface area contributed by atoms with Crippen LogP contribution in [0.5, 0.6) is 0 Å². The number of nitrogens with zero attached hydrogens (tertiary/aromatic N) is 3. The molecule has 2 aromatic rings. The molecule has 24 heavy (non-hydrogen) atoms. The third-order valence-corrected chi connectivity index (χ3v) is 5.02. The molecular formula is C19H22N4O. The van der Waals surface area contributed by atoms with Gasteiger partial charge in [0, 0.05) is 23.8 Å². The molecule has 2 aliphatic rings. The van der Waals surface area contributed by atoms with Crippen LogP contribution in [-0.2, 0) is 6.42 Å². The lowest BCUT2D eigenvalue weighted by molar-refractivity contribution is 0.0976. The molecular weight excluding hydrogens is 300 g/mol. The minimum atomic E-state index is -0.0516. The van der Waals surface area contributed by atoms with Gasteiger partial charge in [-0.1, -0.05) is 31.0 Å². The quantitative estimate of drug-likeness (QED) is 0.940. The van der Waals surface area contributed by atoms with E-state index in [-0.39, 0.29) is 11.9 Å². The SMILES string of the molecule is CC1Cc2ccccc2N1C(=O)c1cc(NC2CCCC2)ncn1. The standard InChI is InChI=1S/C19H22N4O/c1-13-10-14-6-2-5-9-17(14)23(13)19(24)16-11-18(21-12-20-16)22-15-7-3-4-8-15/h2,5-6,9,11-13,15H,3-4,7-8,10H2,1H3,(H,20,21,22). The summed E-state index contributed by atoms with van der Waals surface area (Å²) in [6.45, 7) is 2.08. The molecule has 1 aliphatic carbocycles. The summed E-state index contributed by atoms with van der Waals surface area (Å²) in [6.07, 6.45) is 7.23. The molecule has 1 saturated carbocycles. The highest BCUT2D eigenvalue weighted by Crippen LogP contribution is 2.33. The molecule has 1 amide bonds. The van der Waals surface area contributed by atoms with Crippen molar-refractivity contribution >= 4 is 17.4 Å². The third-order valence-electron chi connectivity index (χ3n) is 5.02. The Morgan fingerprint density at radius 1 is 1.21 bits per heavy atom. The Morgan fingerprint density at radius 2 is 2.00 bits per heavy atom. The normalized spacial score (nSPS) is 20.2. The van der Waals surface area contributed by atoms with Crippen LogP contribution in [0.3, 0.4) is 0 Å². The van der Waals surface area contributed by atoms with Crippen molar-refractivity contribution in [3.8, 4) is 0 Å². The van der Waals surface area contributed by atoms with Gasteiger partial charge in [-0.2, -0.15) is 0 Å². The first-order chi connectivity index (χ1) is 11.7. The number of para-hydroxylation sites is 1. The summed E-state index contributed by atoms with van der Waals surface area (Å²) in [5.41, 5.74) is 2.67. The second kappa shape index (κ2) is 6.23. The molecule has 5 nitrogen and oxygen atoms in total. The van der Waals surface area contributed by atoms with Crippen molar-refractivity contribution in [3.63, 3.8) is 0 Å². The number of anilines is 2. The van der Waals surface area contributed by atoms with Crippen LogP contribution >= 0.6 is 0 Å². The van der Waals surface area contributed by atoms with Crippen LogP contribution in [0.2, 0.25) is 0 Å². The third kappa shape index (κ3) is 2.75. The summed E-state index contributed by atoms with van der Waals surface area (Å²) in [5, 5.41) is 3.44. The van der Waals surface area contributed by atoms with E-state index < -0.39 is 0 Å². The first-order valence-electron chi connectivity index (χ1n) is 8.72. The molecule has 1 aromatic heterocycles. The fourth-order valence-corrected chi connectivity index (χ4v) is 3.83. The molecule has 1 aliphatic heterocycles. The van der Waals surface area contributed by atoms with Crippen molar-refractivity contribution in [1.82, 2.24) is 9.97 Å². The van der Waals surface area contributed by atoms with Crippen LogP contribution in [0.1, 0.15) is 48.7 Å². The maximum Gasteiger partial charge on any atom is 0.277 e. The van der Waals surface area contributed by atoms with Crippen molar-refractivity contribution in [3.05, 3.63) is 47.9 Å². The monoisotopic (exact) mass is 322 g/mol. The van der Waals surface area contributed by atoms with Gasteiger partial charge in [0.05, 0.1) is 0 Å². The molecule has 1 atom stereocenters. The van der Waals surface area contributed by atoms with E-state index in [2.05, 4.69) is 28.3 Å². The predicted molar refractivity (Wildman–Crippen MR) is 94.3 cm³/mol. The average molecular weight is 322 g/mol. The zero-order valence-electron chi connectivity index (χ0n) is 13.9. The molecule has 1 aromatic carbocycles. The molecule has 5 heteroatoms. The number of nitrogens with one attached hydrogen (secondary N) is 1. The van der Waals surface area contributed by atoms with Gasteiger partial charge < -0.3 is 10.2 Å². The maximum atomic E-state index is 13.0. The minimum Gasteiger partial charge on any atom is -0.367 e. The number of benzene rings is 1. The largest absolute Gasteiger partial charge is 0.367 e. The van der Waals surface area contributed by atoms with E-state index in [1.54, 1.807) is 6.07 Å². The van der Waals surface area contributed by atoms with Crippen LogP contribution in [0.25, 0.3) is 0 Å². The number of rotatable bonds is 3. The van der Waals surface area contributed by atoms with E-state index in [1.807, 2.05) is 23.1 Å². The van der Waals surface area contributed by atoms with Gasteiger partial charge in [-0.3, -0.25) is 4.79 Å². The zero-order valence-corrected chi connectivity index (χ0v) is 13.9. The number of carbonyl (C=O) groups excluding carboxylic acids is 1. The van der Waals surface area contributed by atoms with E-state index in [0.717, 1.165) is 17.9 Å². The second-order valence-corrected chi connectivity index (χ2v) is 6.77. The van der Waals surface area contributed by atoms with Gasteiger partial charge in [0.15, 0.2) is 0 Å². The van der Waals surface area contributed by atoms with Crippen LogP contribution < -0.4 is 10.2 Å². The van der Waals surface area contributed by atoms with Crippen LogP contribution in [0.15, 0.2) is 36.7 Å². The van der Waals surface area contributed by atoms with Gasteiger partial charge in [-0.15, -0.1) is 0 Å². The maximum absolute atomic E-state index is 13.0. The Labute approximate surface area is 142 Å². The van der Waals surface area contributed by atoms with Gasteiger partial charge in [0.1, 0.15) is 17.8 Å². The summed E-state index contributed by atoms with van der Waals surface area (Å²) in [4.78, 5) is 23.4. The number of amides is 1. The van der Waals surface area contributed by atoms with Crippen molar-refractivity contribution < 1.29 is 4.79 Å². The van der Waals surface area contributed by atoms with Gasteiger partial charge in [-0.25, -0.2) is 9.97 Å². The fraction of sp³-hybridized carbons (Fsp3) is 0.421. The van der Waals surface area contributed by atoms with Gasteiger partial charge >= 0.3 is 0 Å². The van der Waals surface area contributed by atoms with Gasteiger partial charge in [0.2, 0.25) is 0 Å². The minimum absolute atomic E-state index is 0.0516. The summed E-state index contributed by atoms with van der Waals surface area (Å²) in [5.74, 6) is 0.699. The highest BCUT2D eigenvalue weighted by Gasteiger charge is 2.32. The lowest BCUT2D eigenvalue weighted by Crippen LogP contribution is -2.36. The molecule has 124 valence electrons. The number of hydrogen-bond acceptors (Lipinski definition) is 4. The van der Waals surface area contributed by atoms with E-state index in [9.17, 15) is 4.79 Å². The lowest BCUT2D eigenvalue weighted by Gasteiger charge is -2.22. The Morgan fingerprint density at radius 3 is 2.83 bits per heavy atom. The Bertz CT molecular complexity index is 755. The highest BCUT2D eigenvalue weighted by atomic mass is 16.2. The average Bonchev–Trinajstić information content (AvgIpc) is 3.21. The van der Waals surface area contributed by atoms with Crippen molar-refractivity contribution in [2.24, 2.45) is 0 Å². The van der Waals surface area contributed by atoms with Crippen LogP contribution in [0, 0.1) is 0 Å². The smallest absolute Gasteiger partial charge is 0.277 e. The Balaban J connectivity index is 1.58. The molecule has 2 heterocycles. The molecule has 0 spiro atoms. The van der Waals surface area contributed by atoms with Crippen molar-refractivity contribution in [2.45, 2.75) is 51.1 Å². The number of aromatic nitrogens is 2. The van der Waals surface area contributed by atoms with Crippen molar-refractivity contribution in [1.29, 1.82) is 0 Å². The van der Waals surface area contributed by atoms with E-state index in [4.69, 9.17) is 0 Å². The first-order valence-corrected chi connectivity index (χ1v) is 8.72. The summed E-state index contributed by atoms with van der Waals surface area (Å²) in [7, 11) is 0. The lowest BCUT2D eigenvalue weighted by atomic mass is 10.1. The molecule has 1 N–H and O–H groups in total. The van der Waals surface area contributed by atoms with E-state index in [0.29, 0.717) is 11.7 Å². The molecule has 0 radical (unpaired) electrons. The van der Waals surface area contributed by atoms with Crippen molar-refractivity contribution in [2.75, 3.05) is 10.2 Å². The molecule has 0 saturated heterocycles. The van der Waals surface area contributed by atoms with Gasteiger partial charge in [-0.05, 0) is 37.8 Å².